The number of hydrogen-bond acceptors (Lipinski definition) is 4. The number of pyridine rings is 2. The minimum Gasteiger partial charge on any atom is -0.288 e. The van der Waals surface area contributed by atoms with Crippen molar-refractivity contribution in [1.29, 1.82) is 0 Å². The van der Waals surface area contributed by atoms with Gasteiger partial charge in [-0.3, -0.25) is 19.6 Å². The highest BCUT2D eigenvalue weighted by atomic mass is 16.1. The van der Waals surface area contributed by atoms with Crippen LogP contribution >= 0.6 is 0 Å². The van der Waals surface area contributed by atoms with Crippen molar-refractivity contribution < 1.29 is 9.59 Å². The minimum atomic E-state index is -0.143. The number of allylic oxidation sites excluding steroid dienone is 2. The third-order valence-corrected chi connectivity index (χ3v) is 3.63. The van der Waals surface area contributed by atoms with E-state index in [0.717, 1.165) is 11.1 Å². The van der Waals surface area contributed by atoms with Crippen LogP contribution in [0.3, 0.4) is 0 Å². The summed E-state index contributed by atoms with van der Waals surface area (Å²) in [6.45, 7) is 0. The SMILES string of the molecule is O=C(/C=C/c1ccc(/C=C/C(=O)c2ccccn2)cc1)c1ccccn1. The second-order valence-corrected chi connectivity index (χ2v) is 5.49. The molecular formula is C22H16N2O2. The third kappa shape index (κ3) is 4.68. The Morgan fingerprint density at radius 1 is 0.615 bits per heavy atom. The third-order valence-electron chi connectivity index (χ3n) is 3.63. The molecule has 0 atom stereocenters. The summed E-state index contributed by atoms with van der Waals surface area (Å²) < 4.78 is 0. The van der Waals surface area contributed by atoms with E-state index in [9.17, 15) is 9.59 Å². The van der Waals surface area contributed by atoms with Gasteiger partial charge >= 0.3 is 0 Å². The van der Waals surface area contributed by atoms with E-state index in [1.807, 2.05) is 24.3 Å². The Bertz CT molecular complexity index is 864. The topological polar surface area (TPSA) is 59.9 Å². The van der Waals surface area contributed by atoms with Crippen LogP contribution < -0.4 is 0 Å². The standard InChI is InChI=1S/C22H16N2O2/c25-21(19-5-1-3-15-23-19)13-11-17-7-9-18(10-8-17)12-14-22(26)20-6-2-4-16-24-20/h1-16H/b13-11+,14-12+. The van der Waals surface area contributed by atoms with Gasteiger partial charge in [0.15, 0.2) is 0 Å². The van der Waals surface area contributed by atoms with Crippen molar-refractivity contribution in [3.63, 3.8) is 0 Å². The van der Waals surface area contributed by atoms with Gasteiger partial charge in [0.05, 0.1) is 0 Å². The zero-order valence-electron chi connectivity index (χ0n) is 13.9. The van der Waals surface area contributed by atoms with E-state index in [0.29, 0.717) is 11.4 Å². The van der Waals surface area contributed by atoms with Gasteiger partial charge in [0.1, 0.15) is 11.4 Å². The predicted molar refractivity (Wildman–Crippen MR) is 102 cm³/mol. The maximum atomic E-state index is 12.0. The van der Waals surface area contributed by atoms with E-state index in [1.165, 1.54) is 12.2 Å². The first kappa shape index (κ1) is 17.2. The van der Waals surface area contributed by atoms with Crippen molar-refractivity contribution in [3.05, 3.63) is 108 Å². The zero-order chi connectivity index (χ0) is 18.2. The van der Waals surface area contributed by atoms with Crippen molar-refractivity contribution in [2.24, 2.45) is 0 Å². The fourth-order valence-corrected chi connectivity index (χ4v) is 2.25. The maximum absolute atomic E-state index is 12.0. The van der Waals surface area contributed by atoms with Crippen LogP contribution in [0.5, 0.6) is 0 Å². The van der Waals surface area contributed by atoms with Gasteiger partial charge in [-0.05, 0) is 47.5 Å². The molecule has 0 spiro atoms. The Kier molecular flexibility index (Phi) is 5.58. The zero-order valence-corrected chi connectivity index (χ0v) is 13.9. The van der Waals surface area contributed by atoms with Gasteiger partial charge in [-0.1, -0.05) is 48.6 Å². The van der Waals surface area contributed by atoms with Crippen LogP contribution in [0.25, 0.3) is 12.2 Å². The number of rotatable bonds is 6. The molecule has 1 aromatic carbocycles. The molecule has 4 heteroatoms. The molecular weight excluding hydrogens is 324 g/mol. The van der Waals surface area contributed by atoms with E-state index in [2.05, 4.69) is 9.97 Å². The van der Waals surface area contributed by atoms with E-state index >= 15 is 0 Å². The molecule has 3 rings (SSSR count). The number of benzene rings is 1. The smallest absolute Gasteiger partial charge is 0.204 e. The highest BCUT2D eigenvalue weighted by molar-refractivity contribution is 6.06. The molecule has 126 valence electrons. The fourth-order valence-electron chi connectivity index (χ4n) is 2.25. The lowest BCUT2D eigenvalue weighted by molar-refractivity contribution is 0.103. The number of aromatic nitrogens is 2. The van der Waals surface area contributed by atoms with Crippen LogP contribution in [0.15, 0.2) is 85.2 Å². The molecule has 0 aliphatic rings. The number of hydrogen-bond donors (Lipinski definition) is 0. The highest BCUT2D eigenvalue weighted by Crippen LogP contribution is 2.09. The summed E-state index contributed by atoms with van der Waals surface area (Å²) in [6.07, 6.45) is 9.66. The van der Waals surface area contributed by atoms with Gasteiger partial charge in [0, 0.05) is 12.4 Å². The van der Waals surface area contributed by atoms with Gasteiger partial charge in [0.2, 0.25) is 11.6 Å². The van der Waals surface area contributed by atoms with Crippen molar-refractivity contribution in [3.8, 4) is 0 Å². The summed E-state index contributed by atoms with van der Waals surface area (Å²) in [5.41, 5.74) is 2.61. The first-order valence-electron chi connectivity index (χ1n) is 8.09. The van der Waals surface area contributed by atoms with Crippen LogP contribution in [-0.4, -0.2) is 21.5 Å². The molecule has 2 aromatic heterocycles. The summed E-state index contributed by atoms with van der Waals surface area (Å²) in [5, 5.41) is 0. The number of carbonyl (C=O) groups excluding carboxylic acids is 2. The molecule has 3 aromatic rings. The largest absolute Gasteiger partial charge is 0.288 e. The molecule has 0 saturated carbocycles. The summed E-state index contributed by atoms with van der Waals surface area (Å²) >= 11 is 0. The lowest BCUT2D eigenvalue weighted by atomic mass is 10.1. The molecule has 0 aliphatic carbocycles. The lowest BCUT2D eigenvalue weighted by Crippen LogP contribution is -1.96. The monoisotopic (exact) mass is 340 g/mol. The summed E-state index contributed by atoms with van der Waals surface area (Å²) in [4.78, 5) is 32.0. The Labute approximate surface area is 151 Å². The molecule has 2 heterocycles. The van der Waals surface area contributed by atoms with Gasteiger partial charge in [0.25, 0.3) is 0 Å². The Morgan fingerprint density at radius 2 is 1.04 bits per heavy atom. The van der Waals surface area contributed by atoms with E-state index in [1.54, 1.807) is 60.9 Å². The number of ketones is 2. The average Bonchev–Trinajstić information content (AvgIpc) is 2.72. The van der Waals surface area contributed by atoms with Crippen LogP contribution in [0.4, 0.5) is 0 Å². The van der Waals surface area contributed by atoms with Crippen molar-refractivity contribution in [1.82, 2.24) is 9.97 Å². The molecule has 4 nitrogen and oxygen atoms in total. The predicted octanol–water partition coefficient (Wildman–Crippen LogP) is 4.27. The van der Waals surface area contributed by atoms with Gasteiger partial charge in [-0.15, -0.1) is 0 Å². The minimum absolute atomic E-state index is 0.143. The molecule has 0 bridgehead atoms. The van der Waals surface area contributed by atoms with Crippen LogP contribution in [0, 0.1) is 0 Å². The maximum Gasteiger partial charge on any atom is 0.204 e. The molecule has 26 heavy (non-hydrogen) atoms. The lowest BCUT2D eigenvalue weighted by Gasteiger charge is -1.97. The fraction of sp³-hybridized carbons (Fsp3) is 0. The molecule has 0 N–H and O–H groups in total. The van der Waals surface area contributed by atoms with Crippen molar-refractivity contribution >= 4 is 23.7 Å². The van der Waals surface area contributed by atoms with E-state index < -0.39 is 0 Å². The highest BCUT2D eigenvalue weighted by Gasteiger charge is 2.02. The quantitative estimate of drug-likeness (QED) is 0.497. The average molecular weight is 340 g/mol. The summed E-state index contributed by atoms with van der Waals surface area (Å²) in [6, 6.07) is 18.0. The molecule has 0 saturated heterocycles. The van der Waals surface area contributed by atoms with Gasteiger partial charge < -0.3 is 0 Å². The van der Waals surface area contributed by atoms with Crippen molar-refractivity contribution in [2.45, 2.75) is 0 Å². The Hall–Kier alpha value is -3.66. The Balaban J connectivity index is 1.63. The number of nitrogens with zero attached hydrogens (tertiary/aromatic N) is 2. The van der Waals surface area contributed by atoms with E-state index in [4.69, 9.17) is 0 Å². The molecule has 0 unspecified atom stereocenters. The second-order valence-electron chi connectivity index (χ2n) is 5.49. The van der Waals surface area contributed by atoms with Crippen LogP contribution in [0.1, 0.15) is 32.1 Å². The van der Waals surface area contributed by atoms with Crippen molar-refractivity contribution in [2.75, 3.05) is 0 Å². The Morgan fingerprint density at radius 3 is 1.38 bits per heavy atom. The summed E-state index contributed by atoms with van der Waals surface area (Å²) in [5.74, 6) is -0.286. The molecule has 0 fully saturated rings. The van der Waals surface area contributed by atoms with Gasteiger partial charge in [-0.2, -0.15) is 0 Å². The van der Waals surface area contributed by atoms with Crippen LogP contribution in [-0.2, 0) is 0 Å². The summed E-state index contributed by atoms with van der Waals surface area (Å²) in [7, 11) is 0. The molecule has 0 aliphatic heterocycles. The second kappa shape index (κ2) is 8.44. The molecule has 0 amide bonds. The first-order valence-corrected chi connectivity index (χ1v) is 8.09. The molecule has 0 radical (unpaired) electrons. The van der Waals surface area contributed by atoms with Crippen LogP contribution in [0.2, 0.25) is 0 Å². The van der Waals surface area contributed by atoms with Gasteiger partial charge in [-0.25, -0.2) is 0 Å². The number of carbonyl (C=O) groups is 2. The van der Waals surface area contributed by atoms with E-state index in [-0.39, 0.29) is 11.6 Å². The normalized spacial score (nSPS) is 11.1. The first-order chi connectivity index (χ1) is 12.7.